The molecule has 1 rings (SSSR count). The van der Waals surface area contributed by atoms with Gasteiger partial charge in [0.25, 0.3) is 6.43 Å². The maximum Gasteiger partial charge on any atom is 0.358 e. The van der Waals surface area contributed by atoms with Crippen LogP contribution in [0.15, 0.2) is 0 Å². The molecular weight excluding hydrogens is 256 g/mol. The first-order valence-corrected chi connectivity index (χ1v) is 6.46. The number of hydrogen-bond acceptors (Lipinski definition) is 3. The molecule has 0 radical (unpaired) electrons. The van der Waals surface area contributed by atoms with Crippen molar-refractivity contribution in [3.63, 3.8) is 0 Å². The van der Waals surface area contributed by atoms with Gasteiger partial charge in [0.2, 0.25) is 0 Å². The molecule has 1 atom stereocenters. The first-order chi connectivity index (χ1) is 9.01. The largest absolute Gasteiger partial charge is 0.476 e. The number of unbranched alkanes of at least 4 members (excludes halogenated alkanes) is 1. The summed E-state index contributed by atoms with van der Waals surface area (Å²) in [7, 11) is 0. The van der Waals surface area contributed by atoms with Crippen molar-refractivity contribution >= 4 is 5.97 Å². The van der Waals surface area contributed by atoms with E-state index in [0.717, 1.165) is 30.4 Å². The molecule has 0 aliphatic rings. The van der Waals surface area contributed by atoms with Crippen molar-refractivity contribution < 1.29 is 18.7 Å². The van der Waals surface area contributed by atoms with Crippen LogP contribution in [0.1, 0.15) is 62.1 Å². The van der Waals surface area contributed by atoms with Gasteiger partial charge in [0.05, 0.1) is 0 Å². The lowest BCUT2D eigenvalue weighted by molar-refractivity contribution is 0.0675. The van der Waals surface area contributed by atoms with E-state index >= 15 is 0 Å². The SMILES string of the molecule is CCCCC(CC)Cn1nnc(C(=O)O)c1C(F)F. The smallest absolute Gasteiger partial charge is 0.358 e. The van der Waals surface area contributed by atoms with Gasteiger partial charge in [-0.15, -0.1) is 5.10 Å². The monoisotopic (exact) mass is 275 g/mol. The van der Waals surface area contributed by atoms with Crippen LogP contribution < -0.4 is 0 Å². The number of carbonyl (C=O) groups is 1. The van der Waals surface area contributed by atoms with Gasteiger partial charge in [0.1, 0.15) is 5.69 Å². The second kappa shape index (κ2) is 7.16. The molecule has 0 amide bonds. The van der Waals surface area contributed by atoms with Crippen LogP contribution >= 0.6 is 0 Å². The van der Waals surface area contributed by atoms with E-state index in [1.807, 2.05) is 6.92 Å². The molecule has 1 aromatic rings. The number of alkyl halides is 2. The molecule has 0 aliphatic heterocycles. The van der Waals surface area contributed by atoms with Crippen LogP contribution in [0.4, 0.5) is 8.78 Å². The zero-order valence-corrected chi connectivity index (χ0v) is 11.1. The number of hydrogen-bond donors (Lipinski definition) is 1. The molecule has 19 heavy (non-hydrogen) atoms. The predicted octanol–water partition coefficient (Wildman–Crippen LogP) is 3.13. The van der Waals surface area contributed by atoms with Gasteiger partial charge in [-0.05, 0) is 12.3 Å². The molecule has 0 fully saturated rings. The van der Waals surface area contributed by atoms with E-state index in [0.29, 0.717) is 0 Å². The quantitative estimate of drug-likeness (QED) is 0.791. The number of nitrogens with zero attached hydrogens (tertiary/aromatic N) is 3. The lowest BCUT2D eigenvalue weighted by Gasteiger charge is -2.15. The van der Waals surface area contributed by atoms with Gasteiger partial charge >= 0.3 is 5.97 Å². The van der Waals surface area contributed by atoms with Gasteiger partial charge < -0.3 is 5.11 Å². The van der Waals surface area contributed by atoms with Gasteiger partial charge in [-0.3, -0.25) is 0 Å². The summed E-state index contributed by atoms with van der Waals surface area (Å²) in [5.74, 6) is -1.26. The second-order valence-electron chi connectivity index (χ2n) is 4.53. The second-order valence-corrected chi connectivity index (χ2v) is 4.53. The van der Waals surface area contributed by atoms with Crippen LogP contribution in [0.25, 0.3) is 0 Å². The first kappa shape index (κ1) is 15.5. The highest BCUT2D eigenvalue weighted by atomic mass is 19.3. The minimum Gasteiger partial charge on any atom is -0.476 e. The fraction of sp³-hybridized carbons (Fsp3) is 0.750. The summed E-state index contributed by atoms with van der Waals surface area (Å²) in [6.45, 7) is 4.34. The lowest BCUT2D eigenvalue weighted by atomic mass is 9.99. The number of halogens is 2. The van der Waals surface area contributed by atoms with E-state index in [4.69, 9.17) is 5.11 Å². The normalized spacial score (nSPS) is 12.9. The molecular formula is C12H19F2N3O2. The van der Waals surface area contributed by atoms with Crippen molar-refractivity contribution in [1.82, 2.24) is 15.0 Å². The number of carboxylic acid groups (broad SMARTS) is 1. The van der Waals surface area contributed by atoms with Crippen LogP contribution in [0.2, 0.25) is 0 Å². The van der Waals surface area contributed by atoms with Crippen molar-refractivity contribution in [3.05, 3.63) is 11.4 Å². The average molecular weight is 275 g/mol. The third-order valence-corrected chi connectivity index (χ3v) is 3.16. The summed E-state index contributed by atoms with van der Waals surface area (Å²) >= 11 is 0. The lowest BCUT2D eigenvalue weighted by Crippen LogP contribution is -2.15. The Hall–Kier alpha value is -1.53. The van der Waals surface area contributed by atoms with Crippen molar-refractivity contribution in [2.45, 2.75) is 52.5 Å². The zero-order chi connectivity index (χ0) is 14.4. The van der Waals surface area contributed by atoms with E-state index in [1.54, 1.807) is 0 Å². The van der Waals surface area contributed by atoms with Crippen LogP contribution in [-0.2, 0) is 6.54 Å². The number of aromatic nitrogens is 3. The molecule has 0 saturated heterocycles. The standard InChI is InChI=1S/C12H19F2N3O2/c1-3-5-6-8(4-2)7-17-10(11(13)14)9(12(18)19)15-16-17/h8,11H,3-7H2,1-2H3,(H,18,19). The summed E-state index contributed by atoms with van der Waals surface area (Å²) in [5.41, 5.74) is -1.25. The Morgan fingerprint density at radius 2 is 2.11 bits per heavy atom. The fourth-order valence-corrected chi connectivity index (χ4v) is 1.99. The Morgan fingerprint density at radius 3 is 2.58 bits per heavy atom. The summed E-state index contributed by atoms with van der Waals surface area (Å²) < 4.78 is 26.9. The van der Waals surface area contributed by atoms with Gasteiger partial charge in [-0.25, -0.2) is 18.3 Å². The molecule has 5 nitrogen and oxygen atoms in total. The molecule has 0 spiro atoms. The van der Waals surface area contributed by atoms with Crippen molar-refractivity contribution in [1.29, 1.82) is 0 Å². The van der Waals surface area contributed by atoms with Crippen LogP contribution in [-0.4, -0.2) is 26.1 Å². The number of carboxylic acids is 1. The maximum absolute atomic E-state index is 12.9. The van der Waals surface area contributed by atoms with E-state index in [9.17, 15) is 13.6 Å². The van der Waals surface area contributed by atoms with Gasteiger partial charge in [-0.1, -0.05) is 38.3 Å². The topological polar surface area (TPSA) is 68.0 Å². The third-order valence-electron chi connectivity index (χ3n) is 3.16. The van der Waals surface area contributed by atoms with Gasteiger partial charge in [0, 0.05) is 6.54 Å². The minimum atomic E-state index is -2.88. The fourth-order valence-electron chi connectivity index (χ4n) is 1.99. The third kappa shape index (κ3) is 3.97. The molecule has 1 aromatic heterocycles. The summed E-state index contributed by atoms with van der Waals surface area (Å²) in [4.78, 5) is 10.8. The summed E-state index contributed by atoms with van der Waals surface area (Å²) in [6.07, 6.45) is 0.923. The van der Waals surface area contributed by atoms with Crippen molar-refractivity contribution in [3.8, 4) is 0 Å². The first-order valence-electron chi connectivity index (χ1n) is 6.46. The molecule has 0 aliphatic carbocycles. The number of rotatable bonds is 8. The predicted molar refractivity (Wildman–Crippen MR) is 65.2 cm³/mol. The molecule has 1 heterocycles. The highest BCUT2D eigenvalue weighted by molar-refractivity contribution is 5.86. The molecule has 1 unspecified atom stereocenters. The van der Waals surface area contributed by atoms with Crippen molar-refractivity contribution in [2.24, 2.45) is 5.92 Å². The molecule has 0 bridgehead atoms. The maximum atomic E-state index is 12.9. The Morgan fingerprint density at radius 1 is 1.42 bits per heavy atom. The molecule has 7 heteroatoms. The Balaban J connectivity index is 2.90. The van der Waals surface area contributed by atoms with Crippen LogP contribution in [0.5, 0.6) is 0 Å². The van der Waals surface area contributed by atoms with E-state index < -0.39 is 23.8 Å². The summed E-state index contributed by atoms with van der Waals surface area (Å²) in [6, 6.07) is 0. The Kier molecular flexibility index (Phi) is 5.85. The summed E-state index contributed by atoms with van der Waals surface area (Å²) in [5, 5.41) is 15.7. The van der Waals surface area contributed by atoms with Gasteiger partial charge in [0.15, 0.2) is 5.69 Å². The minimum absolute atomic E-state index is 0.209. The highest BCUT2D eigenvalue weighted by Gasteiger charge is 2.27. The van der Waals surface area contributed by atoms with E-state index in [-0.39, 0.29) is 12.5 Å². The highest BCUT2D eigenvalue weighted by Crippen LogP contribution is 2.24. The molecule has 1 N–H and O–H groups in total. The average Bonchev–Trinajstić information content (AvgIpc) is 2.78. The molecule has 108 valence electrons. The molecule has 0 aromatic carbocycles. The number of aromatic carboxylic acids is 1. The molecule has 0 saturated carbocycles. The van der Waals surface area contributed by atoms with Gasteiger partial charge in [-0.2, -0.15) is 0 Å². The Labute approximate surface area is 110 Å². The Bertz CT molecular complexity index is 421. The van der Waals surface area contributed by atoms with Crippen LogP contribution in [0, 0.1) is 5.92 Å². The van der Waals surface area contributed by atoms with E-state index in [1.165, 1.54) is 0 Å². The van der Waals surface area contributed by atoms with Crippen molar-refractivity contribution in [2.75, 3.05) is 0 Å². The van der Waals surface area contributed by atoms with Crippen LogP contribution in [0.3, 0.4) is 0 Å². The van der Waals surface area contributed by atoms with E-state index in [2.05, 4.69) is 17.2 Å². The zero-order valence-electron chi connectivity index (χ0n) is 11.1.